The Morgan fingerprint density at radius 2 is 0.722 bits per heavy atom. The van der Waals surface area contributed by atoms with Gasteiger partial charge in [0.05, 0.1) is 0 Å². The van der Waals surface area contributed by atoms with Crippen LogP contribution in [0, 0.1) is 0 Å². The summed E-state index contributed by atoms with van der Waals surface area (Å²) in [6.07, 6.45) is 36.1. The molecule has 0 fully saturated rings. The van der Waals surface area contributed by atoms with Crippen molar-refractivity contribution in [2.75, 3.05) is 0 Å². The van der Waals surface area contributed by atoms with Crippen molar-refractivity contribution in [2.45, 2.75) is 98.0 Å². The molecule has 0 saturated heterocycles. The van der Waals surface area contributed by atoms with E-state index in [-0.39, 0.29) is 0 Å². The van der Waals surface area contributed by atoms with Gasteiger partial charge in [0.2, 0.25) is 0 Å². The summed E-state index contributed by atoms with van der Waals surface area (Å²) in [6, 6.07) is 10.4. The van der Waals surface area contributed by atoms with Crippen molar-refractivity contribution in [1.29, 1.82) is 0 Å². The normalized spacial score (nSPS) is 28.3. The molecular formula is C30H40S4Sb2. The molecule has 0 radical (unpaired) electrons. The molecule has 36 heavy (non-hydrogen) atoms. The summed E-state index contributed by atoms with van der Waals surface area (Å²) in [6.45, 7) is 0. The van der Waals surface area contributed by atoms with Crippen molar-refractivity contribution in [3.05, 3.63) is 72.9 Å². The van der Waals surface area contributed by atoms with Crippen LogP contribution in [0.1, 0.15) is 77.0 Å². The topological polar surface area (TPSA) is 0 Å². The van der Waals surface area contributed by atoms with Gasteiger partial charge in [-0.1, -0.05) is 0 Å². The van der Waals surface area contributed by atoms with Crippen LogP contribution in [0.15, 0.2) is 72.9 Å². The van der Waals surface area contributed by atoms with Crippen molar-refractivity contribution in [1.82, 2.24) is 0 Å². The van der Waals surface area contributed by atoms with E-state index in [2.05, 4.69) is 108 Å². The van der Waals surface area contributed by atoms with Crippen LogP contribution < -0.4 is 7.02 Å². The van der Waals surface area contributed by atoms with Crippen LogP contribution in [0.4, 0.5) is 0 Å². The second-order valence-electron chi connectivity index (χ2n) is 10.0. The maximum atomic E-state index is 2.60. The van der Waals surface area contributed by atoms with Crippen LogP contribution >= 0.6 is 35.4 Å². The molecule has 0 nitrogen and oxygen atoms in total. The van der Waals surface area contributed by atoms with Gasteiger partial charge in [0, 0.05) is 0 Å². The number of allylic oxidation sites excluding steroid dienone is 4. The van der Waals surface area contributed by atoms with E-state index in [1.165, 1.54) is 77.0 Å². The van der Waals surface area contributed by atoms with Gasteiger partial charge < -0.3 is 0 Å². The zero-order valence-electron chi connectivity index (χ0n) is 21.3. The molecule has 0 aromatic heterocycles. The summed E-state index contributed by atoms with van der Waals surface area (Å²) >= 11 is -3.37. The van der Waals surface area contributed by atoms with E-state index in [0.717, 1.165) is 21.0 Å². The van der Waals surface area contributed by atoms with Crippen LogP contribution in [0.25, 0.3) is 0 Å². The van der Waals surface area contributed by atoms with E-state index >= 15 is 0 Å². The first kappa shape index (κ1) is 28.7. The minimum atomic E-state index is -1.69. The number of hydrogen-bond donors (Lipinski definition) is 0. The van der Waals surface area contributed by atoms with Gasteiger partial charge in [-0.15, -0.1) is 0 Å². The SMILES string of the molecule is C1=CC([S][Sb]([S]C2C=CCCC2)[c]2cc[c]([Sb]([S]C3C=CCCC3)[S]C3C=CCCC3)cc2)CCC1. The molecule has 0 heterocycles. The van der Waals surface area contributed by atoms with Gasteiger partial charge in [0.1, 0.15) is 0 Å². The number of benzene rings is 1. The summed E-state index contributed by atoms with van der Waals surface area (Å²) in [5.41, 5.74) is 0. The maximum absolute atomic E-state index is 2.60. The number of rotatable bonds is 10. The first-order valence-corrected chi connectivity index (χ1v) is 32.3. The van der Waals surface area contributed by atoms with Crippen molar-refractivity contribution in [2.24, 2.45) is 0 Å². The van der Waals surface area contributed by atoms with E-state index in [1.54, 1.807) is 7.02 Å². The van der Waals surface area contributed by atoms with Gasteiger partial charge in [-0.2, -0.15) is 0 Å². The van der Waals surface area contributed by atoms with E-state index < -0.39 is 34.8 Å². The van der Waals surface area contributed by atoms with Crippen molar-refractivity contribution in [3.63, 3.8) is 0 Å². The fourth-order valence-electron chi connectivity index (χ4n) is 4.96. The Labute approximate surface area is 245 Å². The van der Waals surface area contributed by atoms with Crippen LogP contribution in [0.2, 0.25) is 0 Å². The molecule has 1 aromatic carbocycles. The predicted octanol–water partition coefficient (Wildman–Crippen LogP) is 8.44. The van der Waals surface area contributed by atoms with E-state index in [0.29, 0.717) is 0 Å². The summed E-state index contributed by atoms with van der Waals surface area (Å²) in [7, 11) is 9.58. The molecule has 0 amide bonds. The first-order valence-electron chi connectivity index (χ1n) is 13.9. The fourth-order valence-corrected chi connectivity index (χ4v) is 44.2. The minimum absolute atomic E-state index is 0.758. The molecule has 0 aliphatic heterocycles. The molecule has 4 aliphatic rings. The van der Waals surface area contributed by atoms with Crippen molar-refractivity contribution < 1.29 is 0 Å². The average molecular weight is 772 g/mol. The third-order valence-electron chi connectivity index (χ3n) is 7.04. The molecule has 1 aromatic rings. The average Bonchev–Trinajstić information content (AvgIpc) is 2.95. The van der Waals surface area contributed by atoms with E-state index in [1.807, 2.05) is 0 Å². The zero-order chi connectivity index (χ0) is 24.4. The van der Waals surface area contributed by atoms with E-state index in [4.69, 9.17) is 0 Å². The molecule has 6 heteroatoms. The Morgan fingerprint density at radius 1 is 0.444 bits per heavy atom. The third-order valence-corrected chi connectivity index (χ3v) is 43.0. The second kappa shape index (κ2) is 15.9. The van der Waals surface area contributed by atoms with Gasteiger partial charge in [-0.3, -0.25) is 0 Å². The van der Waals surface area contributed by atoms with Crippen LogP contribution in [0.3, 0.4) is 0 Å². The van der Waals surface area contributed by atoms with Crippen molar-refractivity contribution >= 4 is 77.2 Å². The first-order chi connectivity index (χ1) is 17.8. The summed E-state index contributed by atoms with van der Waals surface area (Å²) in [5, 5.41) is 3.03. The van der Waals surface area contributed by atoms with Gasteiger partial charge in [-0.05, 0) is 0 Å². The van der Waals surface area contributed by atoms with Gasteiger partial charge in [0.25, 0.3) is 0 Å². The molecule has 0 spiro atoms. The Balaban J connectivity index is 1.32. The van der Waals surface area contributed by atoms with Crippen LogP contribution in [-0.4, -0.2) is 55.8 Å². The van der Waals surface area contributed by atoms with E-state index in [9.17, 15) is 0 Å². The molecule has 4 atom stereocenters. The second-order valence-corrected chi connectivity index (χ2v) is 39.3. The molecule has 0 N–H and O–H groups in total. The summed E-state index contributed by atoms with van der Waals surface area (Å²) in [5.74, 6) is 0. The Bertz CT molecular complexity index is 798. The fraction of sp³-hybridized carbons (Fsp3) is 0.533. The molecule has 0 saturated carbocycles. The van der Waals surface area contributed by atoms with Crippen LogP contribution in [-0.2, 0) is 0 Å². The van der Waals surface area contributed by atoms with Gasteiger partial charge >= 0.3 is 248 Å². The summed E-state index contributed by atoms with van der Waals surface area (Å²) in [4.78, 5) is 0. The number of hydrogen-bond acceptors (Lipinski definition) is 4. The Hall–Kier alpha value is 1.22. The standard InChI is InChI=1S/4C6H10S.C6H4.2Sb/c4*7-6-4-2-1-3-5-6;1-2-4-6-5-3-1;;/h4*2,4,6-7H,1,3,5H2;1-2,5-6H;;/q;;;;;2*+2/p-4. The van der Waals surface area contributed by atoms with Gasteiger partial charge in [0.15, 0.2) is 0 Å². The molecule has 4 aliphatic carbocycles. The van der Waals surface area contributed by atoms with Crippen molar-refractivity contribution in [3.8, 4) is 0 Å². The van der Waals surface area contributed by atoms with Gasteiger partial charge in [-0.25, -0.2) is 0 Å². The zero-order valence-corrected chi connectivity index (χ0v) is 29.6. The molecular weight excluding hydrogens is 732 g/mol. The quantitative estimate of drug-likeness (QED) is 0.173. The molecule has 194 valence electrons. The Morgan fingerprint density at radius 3 is 0.944 bits per heavy atom. The monoisotopic (exact) mass is 770 g/mol. The Kier molecular flexibility index (Phi) is 12.7. The van der Waals surface area contributed by atoms with Crippen LogP contribution in [0.5, 0.6) is 0 Å². The molecule has 4 unspecified atom stereocenters. The molecule has 0 bridgehead atoms. The third kappa shape index (κ3) is 9.13. The summed E-state index contributed by atoms with van der Waals surface area (Å²) < 4.78 is 3.44. The molecule has 5 rings (SSSR count). The predicted molar refractivity (Wildman–Crippen MR) is 175 cm³/mol.